The first-order valence-electron chi connectivity index (χ1n) is 7.97. The molecule has 0 heterocycles. The van der Waals surface area contributed by atoms with Gasteiger partial charge in [-0.1, -0.05) is 23.2 Å². The number of amides is 1. The van der Waals surface area contributed by atoms with E-state index in [0.717, 1.165) is 0 Å². The van der Waals surface area contributed by atoms with Gasteiger partial charge in [-0.05, 0) is 42.5 Å². The van der Waals surface area contributed by atoms with Crippen molar-refractivity contribution >= 4 is 40.9 Å². The molecule has 2 rings (SSSR count). The Morgan fingerprint density at radius 3 is 2.30 bits per heavy atom. The fraction of sp³-hybridized carbons (Fsp3) is 0.211. The van der Waals surface area contributed by atoms with Gasteiger partial charge in [0, 0.05) is 22.7 Å². The van der Waals surface area contributed by atoms with E-state index in [0.29, 0.717) is 26.9 Å². The molecule has 0 atom stereocenters. The van der Waals surface area contributed by atoms with E-state index in [-0.39, 0.29) is 18.9 Å². The third kappa shape index (κ3) is 6.27. The lowest BCUT2D eigenvalue weighted by Gasteiger charge is -2.07. The molecule has 0 aliphatic carbocycles. The van der Waals surface area contributed by atoms with Gasteiger partial charge in [-0.2, -0.15) is 0 Å². The van der Waals surface area contributed by atoms with E-state index in [4.69, 9.17) is 32.7 Å². The van der Waals surface area contributed by atoms with E-state index in [1.54, 1.807) is 30.3 Å². The number of hydrogen-bond acceptors (Lipinski definition) is 5. The van der Waals surface area contributed by atoms with Crippen LogP contribution in [0.2, 0.25) is 10.0 Å². The Balaban J connectivity index is 1.74. The van der Waals surface area contributed by atoms with Crippen LogP contribution in [0.1, 0.15) is 27.1 Å². The average molecular weight is 410 g/mol. The Kier molecular flexibility index (Phi) is 7.64. The molecule has 0 radical (unpaired) electrons. The molecule has 0 aromatic heterocycles. The van der Waals surface area contributed by atoms with E-state index in [1.807, 2.05) is 0 Å². The van der Waals surface area contributed by atoms with Crippen LogP contribution in [-0.4, -0.2) is 37.9 Å². The Labute approximate surface area is 166 Å². The summed E-state index contributed by atoms with van der Waals surface area (Å²) in [5, 5.41) is 3.41. The highest BCUT2D eigenvalue weighted by Gasteiger charge is 2.13. The molecule has 27 heavy (non-hydrogen) atoms. The lowest BCUT2D eigenvalue weighted by Crippen LogP contribution is -2.27. The average Bonchev–Trinajstić information content (AvgIpc) is 2.66. The first-order chi connectivity index (χ1) is 12.9. The normalized spacial score (nSPS) is 10.2. The zero-order valence-corrected chi connectivity index (χ0v) is 16.0. The predicted molar refractivity (Wildman–Crippen MR) is 102 cm³/mol. The molecule has 0 bridgehead atoms. The number of carbonyl (C=O) groups is 3. The van der Waals surface area contributed by atoms with E-state index in [9.17, 15) is 14.4 Å². The molecule has 2 aromatic rings. The van der Waals surface area contributed by atoms with Crippen molar-refractivity contribution in [3.8, 4) is 5.75 Å². The lowest BCUT2D eigenvalue weighted by molar-refractivity contribution is -0.142. The third-order valence-corrected chi connectivity index (χ3v) is 4.11. The van der Waals surface area contributed by atoms with E-state index in [2.05, 4.69) is 5.32 Å². The molecule has 0 fully saturated rings. The highest BCUT2D eigenvalue weighted by Crippen LogP contribution is 2.25. The maximum absolute atomic E-state index is 12.0. The standard InChI is InChI=1S/C19H17Cl2NO5/c1-26-17-7-4-13(10-15(17)21)16(23)11-27-18(24)8-9-22-19(25)12-2-5-14(20)6-3-12/h2-7,10H,8-9,11H2,1H3,(H,22,25). The van der Waals surface area contributed by atoms with Gasteiger partial charge >= 0.3 is 5.97 Å². The number of Topliss-reactive ketones (excluding diaryl/α,β-unsaturated/α-hetero) is 1. The van der Waals surface area contributed by atoms with E-state index in [1.165, 1.54) is 19.2 Å². The smallest absolute Gasteiger partial charge is 0.308 e. The van der Waals surface area contributed by atoms with Gasteiger partial charge in [0.25, 0.3) is 5.91 Å². The Morgan fingerprint density at radius 1 is 1.00 bits per heavy atom. The van der Waals surface area contributed by atoms with E-state index < -0.39 is 18.4 Å². The van der Waals surface area contributed by atoms with Crippen LogP contribution in [0.3, 0.4) is 0 Å². The second kappa shape index (κ2) is 9.94. The summed E-state index contributed by atoms with van der Waals surface area (Å²) in [6.45, 7) is -0.324. The summed E-state index contributed by atoms with van der Waals surface area (Å²) < 4.78 is 9.94. The van der Waals surface area contributed by atoms with Gasteiger partial charge in [-0.25, -0.2) is 0 Å². The summed E-state index contributed by atoms with van der Waals surface area (Å²) >= 11 is 11.7. The molecule has 1 amide bonds. The minimum absolute atomic E-state index is 0.0595. The van der Waals surface area contributed by atoms with Gasteiger partial charge in [-0.3, -0.25) is 14.4 Å². The van der Waals surface area contributed by atoms with Crippen molar-refractivity contribution in [2.45, 2.75) is 6.42 Å². The number of rotatable bonds is 8. The van der Waals surface area contributed by atoms with Crippen LogP contribution in [0.25, 0.3) is 0 Å². The van der Waals surface area contributed by atoms with Crippen LogP contribution in [0.15, 0.2) is 42.5 Å². The number of ether oxygens (including phenoxy) is 2. The molecule has 0 aliphatic heterocycles. The maximum Gasteiger partial charge on any atom is 0.308 e. The molecule has 6 nitrogen and oxygen atoms in total. The zero-order valence-electron chi connectivity index (χ0n) is 14.5. The Morgan fingerprint density at radius 2 is 1.67 bits per heavy atom. The van der Waals surface area contributed by atoms with Crippen molar-refractivity contribution in [1.82, 2.24) is 5.32 Å². The van der Waals surface area contributed by atoms with Gasteiger partial charge in [-0.15, -0.1) is 0 Å². The summed E-state index contributed by atoms with van der Waals surface area (Å²) in [7, 11) is 1.47. The fourth-order valence-electron chi connectivity index (χ4n) is 2.12. The number of hydrogen-bond donors (Lipinski definition) is 1. The van der Waals surface area contributed by atoms with Gasteiger partial charge < -0.3 is 14.8 Å². The number of ketones is 1. The largest absolute Gasteiger partial charge is 0.495 e. The van der Waals surface area contributed by atoms with Crippen molar-refractivity contribution in [1.29, 1.82) is 0 Å². The number of methoxy groups -OCH3 is 1. The number of halogens is 2. The molecular formula is C19H17Cl2NO5. The molecule has 0 saturated carbocycles. The van der Waals surface area contributed by atoms with Crippen molar-refractivity contribution in [3.63, 3.8) is 0 Å². The minimum Gasteiger partial charge on any atom is -0.495 e. The Bertz CT molecular complexity index is 836. The van der Waals surface area contributed by atoms with Crippen molar-refractivity contribution < 1.29 is 23.9 Å². The summed E-state index contributed by atoms with van der Waals surface area (Å²) in [5.41, 5.74) is 0.740. The molecular weight excluding hydrogens is 393 g/mol. The minimum atomic E-state index is -0.598. The van der Waals surface area contributed by atoms with Gasteiger partial charge in [0.2, 0.25) is 0 Å². The molecule has 0 aliphatic rings. The molecule has 0 spiro atoms. The first kappa shape index (κ1) is 20.7. The molecule has 0 unspecified atom stereocenters. The SMILES string of the molecule is COc1ccc(C(=O)COC(=O)CCNC(=O)c2ccc(Cl)cc2)cc1Cl. The summed E-state index contributed by atoms with van der Waals surface area (Å²) in [6.07, 6.45) is -0.0595. The number of nitrogens with one attached hydrogen (secondary N) is 1. The first-order valence-corrected chi connectivity index (χ1v) is 8.72. The van der Waals surface area contributed by atoms with Crippen molar-refractivity contribution in [3.05, 3.63) is 63.6 Å². The van der Waals surface area contributed by atoms with Crippen molar-refractivity contribution in [2.75, 3.05) is 20.3 Å². The van der Waals surface area contributed by atoms with Crippen LogP contribution in [0.5, 0.6) is 5.75 Å². The van der Waals surface area contributed by atoms with Crippen LogP contribution in [0.4, 0.5) is 0 Å². The summed E-state index contributed by atoms with van der Waals surface area (Å²) in [4.78, 5) is 35.6. The lowest BCUT2D eigenvalue weighted by atomic mass is 10.1. The second-order valence-corrected chi connectivity index (χ2v) is 6.29. The van der Waals surface area contributed by atoms with Crippen LogP contribution in [0, 0.1) is 0 Å². The number of esters is 1. The zero-order chi connectivity index (χ0) is 19.8. The Hall–Kier alpha value is -2.57. The highest BCUT2D eigenvalue weighted by molar-refractivity contribution is 6.32. The van der Waals surface area contributed by atoms with Gasteiger partial charge in [0.1, 0.15) is 5.75 Å². The molecule has 1 N–H and O–H groups in total. The van der Waals surface area contributed by atoms with Crippen LogP contribution in [-0.2, 0) is 9.53 Å². The number of benzene rings is 2. The van der Waals surface area contributed by atoms with Crippen LogP contribution < -0.4 is 10.1 Å². The fourth-order valence-corrected chi connectivity index (χ4v) is 2.51. The molecule has 0 saturated heterocycles. The highest BCUT2D eigenvalue weighted by atomic mass is 35.5. The molecule has 142 valence electrons. The summed E-state index contributed by atoms with van der Waals surface area (Å²) in [5.74, 6) is -0.873. The van der Waals surface area contributed by atoms with Crippen molar-refractivity contribution in [2.24, 2.45) is 0 Å². The van der Waals surface area contributed by atoms with Crippen LogP contribution >= 0.6 is 23.2 Å². The topological polar surface area (TPSA) is 81.7 Å². The summed E-state index contributed by atoms with van der Waals surface area (Å²) in [6, 6.07) is 10.9. The monoisotopic (exact) mass is 409 g/mol. The molecule has 8 heteroatoms. The quantitative estimate of drug-likeness (QED) is 0.532. The maximum atomic E-state index is 12.0. The molecule has 2 aromatic carbocycles. The predicted octanol–water partition coefficient (Wildman–Crippen LogP) is 3.55. The van der Waals surface area contributed by atoms with Gasteiger partial charge in [0.05, 0.1) is 18.6 Å². The van der Waals surface area contributed by atoms with Gasteiger partial charge in [0.15, 0.2) is 12.4 Å². The number of carbonyl (C=O) groups excluding carboxylic acids is 3. The second-order valence-electron chi connectivity index (χ2n) is 5.45. The van der Waals surface area contributed by atoms with E-state index >= 15 is 0 Å². The third-order valence-electron chi connectivity index (χ3n) is 3.56.